The molecule has 2 N–H and O–H groups in total. The maximum Gasteiger partial charge on any atom is 0.332 e. The molecule has 0 unspecified atom stereocenters. The second-order valence-electron chi connectivity index (χ2n) is 6.00. The van der Waals surface area contributed by atoms with Crippen LogP contribution in [-0.4, -0.2) is 21.2 Å². The van der Waals surface area contributed by atoms with Crippen molar-refractivity contribution >= 4 is 22.6 Å². The van der Waals surface area contributed by atoms with E-state index >= 15 is 0 Å². The number of fused-ring (bicyclic) bond motifs is 1. The molecule has 0 saturated carbocycles. The van der Waals surface area contributed by atoms with E-state index in [0.717, 1.165) is 4.57 Å². The Morgan fingerprint density at radius 2 is 1.92 bits per heavy atom. The number of nitrogens with two attached hydrogens (primary N) is 1. The van der Waals surface area contributed by atoms with Gasteiger partial charge >= 0.3 is 5.69 Å². The first-order chi connectivity index (χ1) is 12.3. The lowest BCUT2D eigenvalue weighted by molar-refractivity contribution is 0.416. The molecule has 7 nitrogen and oxygen atoms in total. The third kappa shape index (κ3) is 2.60. The van der Waals surface area contributed by atoms with Crippen LogP contribution in [-0.2, 0) is 20.6 Å². The van der Waals surface area contributed by atoms with Crippen LogP contribution in [0.5, 0.6) is 5.75 Å². The van der Waals surface area contributed by atoms with Gasteiger partial charge in [0.15, 0.2) is 0 Å². The Morgan fingerprint density at radius 1 is 1.23 bits per heavy atom. The third-order valence-corrected chi connectivity index (χ3v) is 4.77. The average Bonchev–Trinajstić information content (AvgIpc) is 2.63. The first-order valence-corrected chi connectivity index (χ1v) is 8.32. The lowest BCUT2D eigenvalue weighted by atomic mass is 9.95. The Hall–Kier alpha value is -2.64. The van der Waals surface area contributed by atoms with Crippen molar-refractivity contribution in [3.63, 3.8) is 0 Å². The molecule has 8 heteroatoms. The molecule has 0 spiro atoms. The minimum absolute atomic E-state index is 0.182. The second-order valence-corrected chi connectivity index (χ2v) is 6.44. The molecule has 0 atom stereocenters. The Labute approximate surface area is 154 Å². The largest absolute Gasteiger partial charge is 0.496 e. The van der Waals surface area contributed by atoms with Gasteiger partial charge in [0, 0.05) is 42.5 Å². The normalized spacial score (nSPS) is 11.2. The maximum atomic E-state index is 12.9. The molecule has 0 radical (unpaired) electrons. The van der Waals surface area contributed by atoms with Crippen LogP contribution in [0.2, 0.25) is 5.02 Å². The first kappa shape index (κ1) is 18.2. The zero-order chi connectivity index (χ0) is 19.2. The maximum absolute atomic E-state index is 12.9. The van der Waals surface area contributed by atoms with Crippen molar-refractivity contribution < 1.29 is 4.74 Å². The number of hydrogen-bond acceptors (Lipinski definition) is 5. The standard InChI is InChI=1S/C18H19ClN4O3/c1-9-12(8-20)14(11-6-5-10(19)7-13(11)26-4)15-16(21-9)22(2)18(25)23(3)17(15)24/h5-7H,8,20H2,1-4H3. The zero-order valence-corrected chi connectivity index (χ0v) is 15.7. The van der Waals surface area contributed by atoms with Crippen LogP contribution in [0, 0.1) is 6.92 Å². The van der Waals surface area contributed by atoms with Gasteiger partial charge in [-0.05, 0) is 30.7 Å². The number of benzene rings is 1. The van der Waals surface area contributed by atoms with E-state index in [0.29, 0.717) is 44.2 Å². The van der Waals surface area contributed by atoms with Crippen molar-refractivity contribution in [3.8, 4) is 16.9 Å². The second kappa shape index (κ2) is 6.59. The van der Waals surface area contributed by atoms with Crippen LogP contribution in [0.25, 0.3) is 22.2 Å². The Morgan fingerprint density at radius 3 is 2.54 bits per heavy atom. The van der Waals surface area contributed by atoms with Crippen molar-refractivity contribution in [3.05, 3.63) is 55.3 Å². The van der Waals surface area contributed by atoms with E-state index in [1.54, 1.807) is 32.2 Å². The molecule has 0 saturated heterocycles. The molecule has 0 fully saturated rings. The fraction of sp³-hybridized carbons (Fsp3) is 0.278. The smallest absolute Gasteiger partial charge is 0.332 e. The minimum atomic E-state index is -0.441. The summed E-state index contributed by atoms with van der Waals surface area (Å²) in [6.07, 6.45) is 0. The van der Waals surface area contributed by atoms with Crippen LogP contribution in [0.4, 0.5) is 0 Å². The number of rotatable bonds is 3. The van der Waals surface area contributed by atoms with Crippen LogP contribution < -0.4 is 21.7 Å². The van der Waals surface area contributed by atoms with Gasteiger partial charge < -0.3 is 10.5 Å². The number of aryl methyl sites for hydroxylation is 2. The van der Waals surface area contributed by atoms with E-state index in [1.165, 1.54) is 18.7 Å². The SMILES string of the molecule is COc1cc(Cl)ccc1-c1c(CN)c(C)nc2c1c(=O)n(C)c(=O)n2C. The third-order valence-electron chi connectivity index (χ3n) is 4.53. The molecule has 26 heavy (non-hydrogen) atoms. The zero-order valence-electron chi connectivity index (χ0n) is 15.0. The summed E-state index contributed by atoms with van der Waals surface area (Å²) in [5.74, 6) is 0.509. The van der Waals surface area contributed by atoms with Gasteiger partial charge in [-0.2, -0.15) is 0 Å². The first-order valence-electron chi connectivity index (χ1n) is 7.95. The molecule has 1 aromatic carbocycles. The molecule has 0 amide bonds. The predicted octanol–water partition coefficient (Wildman–Crippen LogP) is 1.73. The summed E-state index contributed by atoms with van der Waals surface area (Å²) in [6.45, 7) is 1.98. The number of methoxy groups -OCH3 is 1. The fourth-order valence-electron chi connectivity index (χ4n) is 3.16. The van der Waals surface area contributed by atoms with E-state index in [2.05, 4.69) is 4.98 Å². The van der Waals surface area contributed by atoms with Crippen molar-refractivity contribution in [2.75, 3.05) is 7.11 Å². The van der Waals surface area contributed by atoms with Crippen molar-refractivity contribution in [1.82, 2.24) is 14.1 Å². The van der Waals surface area contributed by atoms with Crippen LogP contribution in [0.1, 0.15) is 11.3 Å². The number of halogens is 1. The molecular formula is C18H19ClN4O3. The molecule has 0 aliphatic rings. The van der Waals surface area contributed by atoms with E-state index in [-0.39, 0.29) is 6.54 Å². The number of ether oxygens (including phenoxy) is 1. The van der Waals surface area contributed by atoms with Crippen LogP contribution in [0.3, 0.4) is 0 Å². The van der Waals surface area contributed by atoms with Gasteiger partial charge in [-0.15, -0.1) is 0 Å². The number of nitrogens with zero attached hydrogens (tertiary/aromatic N) is 3. The molecule has 3 rings (SSSR count). The topological polar surface area (TPSA) is 92.1 Å². The average molecular weight is 375 g/mol. The summed E-state index contributed by atoms with van der Waals surface area (Å²) in [6, 6.07) is 5.16. The minimum Gasteiger partial charge on any atom is -0.496 e. The molecule has 3 aromatic rings. The highest BCUT2D eigenvalue weighted by atomic mass is 35.5. The Balaban J connectivity index is 2.64. The van der Waals surface area contributed by atoms with Gasteiger partial charge in [-0.3, -0.25) is 13.9 Å². The number of hydrogen-bond donors (Lipinski definition) is 1. The monoisotopic (exact) mass is 374 g/mol. The van der Waals surface area contributed by atoms with Gasteiger partial charge in [-0.25, -0.2) is 9.78 Å². The molecule has 0 aliphatic heterocycles. The van der Waals surface area contributed by atoms with Crippen molar-refractivity contribution in [1.29, 1.82) is 0 Å². The summed E-state index contributed by atoms with van der Waals surface area (Å²) in [7, 11) is 4.55. The molecule has 0 aliphatic carbocycles. The van der Waals surface area contributed by atoms with E-state index in [4.69, 9.17) is 22.1 Å². The summed E-state index contributed by atoms with van der Waals surface area (Å²) in [5.41, 5.74) is 8.05. The Bertz CT molecular complexity index is 1150. The highest BCUT2D eigenvalue weighted by Gasteiger charge is 2.22. The van der Waals surface area contributed by atoms with Crippen molar-refractivity contribution in [2.45, 2.75) is 13.5 Å². The van der Waals surface area contributed by atoms with E-state index in [9.17, 15) is 9.59 Å². The molecule has 136 valence electrons. The van der Waals surface area contributed by atoms with E-state index < -0.39 is 11.2 Å². The molecule has 2 heterocycles. The van der Waals surface area contributed by atoms with Gasteiger partial charge in [0.1, 0.15) is 11.4 Å². The summed E-state index contributed by atoms with van der Waals surface area (Å²) < 4.78 is 7.89. The predicted molar refractivity (Wildman–Crippen MR) is 102 cm³/mol. The molecular weight excluding hydrogens is 356 g/mol. The van der Waals surface area contributed by atoms with Gasteiger partial charge in [0.05, 0.1) is 12.5 Å². The number of aromatic nitrogens is 3. The Kier molecular flexibility index (Phi) is 4.60. The van der Waals surface area contributed by atoms with Crippen LogP contribution in [0.15, 0.2) is 27.8 Å². The highest BCUT2D eigenvalue weighted by Crippen LogP contribution is 2.38. The summed E-state index contributed by atoms with van der Waals surface area (Å²) >= 11 is 6.08. The van der Waals surface area contributed by atoms with E-state index in [1.807, 2.05) is 0 Å². The van der Waals surface area contributed by atoms with Crippen LogP contribution >= 0.6 is 11.6 Å². The highest BCUT2D eigenvalue weighted by molar-refractivity contribution is 6.30. The van der Waals surface area contributed by atoms with Gasteiger partial charge in [0.2, 0.25) is 0 Å². The van der Waals surface area contributed by atoms with Gasteiger partial charge in [-0.1, -0.05) is 11.6 Å². The lowest BCUT2D eigenvalue weighted by Crippen LogP contribution is -2.38. The van der Waals surface area contributed by atoms with Gasteiger partial charge in [0.25, 0.3) is 5.56 Å². The molecule has 2 aromatic heterocycles. The quantitative estimate of drug-likeness (QED) is 0.753. The summed E-state index contributed by atoms with van der Waals surface area (Å²) in [4.78, 5) is 29.7. The lowest BCUT2D eigenvalue weighted by Gasteiger charge is -2.18. The number of pyridine rings is 1. The van der Waals surface area contributed by atoms with Crippen molar-refractivity contribution in [2.24, 2.45) is 19.8 Å². The summed E-state index contributed by atoms with van der Waals surface area (Å²) in [5, 5.41) is 0.830. The fourth-order valence-corrected chi connectivity index (χ4v) is 3.32. The molecule has 0 bridgehead atoms.